The highest BCUT2D eigenvalue weighted by Crippen LogP contribution is 2.31. The normalized spacial score (nSPS) is 12.4. The number of hydrogen-bond acceptors (Lipinski definition) is 2. The van der Waals surface area contributed by atoms with Crippen LogP contribution in [0.2, 0.25) is 0 Å². The quantitative estimate of drug-likeness (QED) is 0.920. The van der Waals surface area contributed by atoms with Crippen LogP contribution in [0.15, 0.2) is 54.6 Å². The number of rotatable bonds is 5. The third kappa shape index (κ3) is 3.48. The summed E-state index contributed by atoms with van der Waals surface area (Å²) in [6.45, 7) is 4.31. The fourth-order valence-corrected chi connectivity index (χ4v) is 2.83. The summed E-state index contributed by atoms with van der Waals surface area (Å²) in [6.07, 6.45) is 0. The number of anilines is 1. The van der Waals surface area contributed by atoms with E-state index in [1.807, 2.05) is 30.3 Å². The van der Waals surface area contributed by atoms with Gasteiger partial charge in [0.1, 0.15) is 0 Å². The minimum absolute atomic E-state index is 0.139. The first kappa shape index (κ1) is 16.5. The van der Waals surface area contributed by atoms with Gasteiger partial charge in [0.05, 0.1) is 0 Å². The molecular weight excluding hydrogens is 296 g/mol. The third-order valence-electron chi connectivity index (χ3n) is 3.83. The lowest BCUT2D eigenvalue weighted by Crippen LogP contribution is -2.29. The van der Waals surface area contributed by atoms with Crippen molar-refractivity contribution in [2.24, 2.45) is 0 Å². The summed E-state index contributed by atoms with van der Waals surface area (Å²) in [5.74, 6) is 0. The maximum absolute atomic E-state index is 11.8. The van der Waals surface area contributed by atoms with Gasteiger partial charge >= 0.3 is 10.2 Å². The minimum Gasteiger partial charge on any atom is -0.271 e. The molecule has 0 aliphatic rings. The average molecular weight is 318 g/mol. The van der Waals surface area contributed by atoms with Crippen LogP contribution >= 0.6 is 0 Å². The van der Waals surface area contributed by atoms with E-state index < -0.39 is 10.2 Å². The second-order valence-electron chi connectivity index (χ2n) is 5.96. The zero-order chi connectivity index (χ0) is 16.4. The van der Waals surface area contributed by atoms with E-state index in [0.29, 0.717) is 5.69 Å². The van der Waals surface area contributed by atoms with Gasteiger partial charge in [0.15, 0.2) is 0 Å². The molecule has 0 saturated heterocycles. The van der Waals surface area contributed by atoms with E-state index in [0.717, 1.165) is 9.87 Å². The minimum atomic E-state index is -3.47. The Morgan fingerprint density at radius 1 is 0.864 bits per heavy atom. The van der Waals surface area contributed by atoms with Crippen molar-refractivity contribution >= 4 is 15.9 Å². The molecule has 0 aromatic heterocycles. The molecule has 5 heteroatoms. The van der Waals surface area contributed by atoms with Crippen molar-refractivity contribution in [3.63, 3.8) is 0 Å². The first-order valence-corrected chi connectivity index (χ1v) is 8.54. The lowest BCUT2D eigenvalue weighted by molar-refractivity contribution is 0.527. The molecule has 0 saturated carbocycles. The van der Waals surface area contributed by atoms with Gasteiger partial charge in [-0.2, -0.15) is 12.7 Å². The molecule has 118 valence electrons. The van der Waals surface area contributed by atoms with Crippen molar-refractivity contribution in [2.75, 3.05) is 18.8 Å². The van der Waals surface area contributed by atoms with Crippen molar-refractivity contribution in [2.45, 2.75) is 19.3 Å². The lowest BCUT2D eigenvalue weighted by Gasteiger charge is -2.26. The molecular formula is C17H22N2O2S. The average Bonchev–Trinajstić information content (AvgIpc) is 2.48. The summed E-state index contributed by atoms with van der Waals surface area (Å²) < 4.78 is 27.3. The van der Waals surface area contributed by atoms with E-state index >= 15 is 0 Å². The topological polar surface area (TPSA) is 49.4 Å². The van der Waals surface area contributed by atoms with Crippen LogP contribution in [-0.4, -0.2) is 26.8 Å². The van der Waals surface area contributed by atoms with Crippen LogP contribution in [0.4, 0.5) is 5.69 Å². The molecule has 0 amide bonds. The molecule has 0 atom stereocenters. The van der Waals surface area contributed by atoms with Crippen LogP contribution in [0.25, 0.3) is 0 Å². The SMILES string of the molecule is CN(C)S(=O)(=O)Nc1ccc(C(C)(C)c2ccccc2)cc1. The monoisotopic (exact) mass is 318 g/mol. The molecule has 0 aliphatic heterocycles. The summed E-state index contributed by atoms with van der Waals surface area (Å²) in [5, 5.41) is 0. The Morgan fingerprint density at radius 2 is 1.36 bits per heavy atom. The second kappa shape index (κ2) is 6.10. The predicted molar refractivity (Wildman–Crippen MR) is 91.2 cm³/mol. The van der Waals surface area contributed by atoms with Gasteiger partial charge in [-0.3, -0.25) is 4.72 Å². The van der Waals surface area contributed by atoms with Gasteiger partial charge in [-0.1, -0.05) is 56.3 Å². The highest BCUT2D eigenvalue weighted by atomic mass is 32.2. The fourth-order valence-electron chi connectivity index (χ4n) is 2.22. The van der Waals surface area contributed by atoms with Gasteiger partial charge in [-0.15, -0.1) is 0 Å². The molecule has 0 spiro atoms. The number of nitrogens with one attached hydrogen (secondary N) is 1. The zero-order valence-electron chi connectivity index (χ0n) is 13.4. The standard InChI is InChI=1S/C17H22N2O2S/c1-17(2,14-8-6-5-7-9-14)15-10-12-16(13-11-15)18-22(20,21)19(3)4/h5-13,18H,1-4H3. The Balaban J connectivity index is 2.26. The molecule has 2 rings (SSSR count). The first-order chi connectivity index (χ1) is 10.2. The Hall–Kier alpha value is -1.85. The van der Waals surface area contributed by atoms with Crippen molar-refractivity contribution in [1.29, 1.82) is 0 Å². The van der Waals surface area contributed by atoms with Crippen LogP contribution in [0.5, 0.6) is 0 Å². The first-order valence-electron chi connectivity index (χ1n) is 7.10. The molecule has 2 aromatic rings. The molecule has 1 N–H and O–H groups in total. The third-order valence-corrected chi connectivity index (χ3v) is 5.28. The number of hydrogen-bond donors (Lipinski definition) is 1. The highest BCUT2D eigenvalue weighted by molar-refractivity contribution is 7.90. The van der Waals surface area contributed by atoms with Crippen LogP contribution in [0.1, 0.15) is 25.0 Å². The smallest absolute Gasteiger partial charge is 0.271 e. The van der Waals surface area contributed by atoms with Crippen LogP contribution in [-0.2, 0) is 15.6 Å². The molecule has 2 aromatic carbocycles. The van der Waals surface area contributed by atoms with Crippen molar-refractivity contribution in [3.05, 3.63) is 65.7 Å². The van der Waals surface area contributed by atoms with Gasteiger partial charge in [0, 0.05) is 25.2 Å². The number of nitrogens with zero attached hydrogens (tertiary/aromatic N) is 1. The maximum atomic E-state index is 11.8. The van der Waals surface area contributed by atoms with Gasteiger partial charge in [0.2, 0.25) is 0 Å². The largest absolute Gasteiger partial charge is 0.301 e. The second-order valence-corrected chi connectivity index (χ2v) is 7.84. The Kier molecular flexibility index (Phi) is 4.58. The molecule has 0 heterocycles. The zero-order valence-corrected chi connectivity index (χ0v) is 14.2. The van der Waals surface area contributed by atoms with E-state index in [4.69, 9.17) is 0 Å². The van der Waals surface area contributed by atoms with Crippen molar-refractivity contribution in [1.82, 2.24) is 4.31 Å². The fraction of sp³-hybridized carbons (Fsp3) is 0.294. The maximum Gasteiger partial charge on any atom is 0.301 e. The van der Waals surface area contributed by atoms with E-state index in [1.165, 1.54) is 19.7 Å². The van der Waals surface area contributed by atoms with Gasteiger partial charge in [-0.25, -0.2) is 0 Å². The summed E-state index contributed by atoms with van der Waals surface area (Å²) in [7, 11) is -0.478. The highest BCUT2D eigenvalue weighted by Gasteiger charge is 2.23. The van der Waals surface area contributed by atoms with E-state index in [-0.39, 0.29) is 5.41 Å². The Bertz CT molecular complexity index is 721. The Morgan fingerprint density at radius 3 is 1.86 bits per heavy atom. The molecule has 0 unspecified atom stereocenters. The predicted octanol–water partition coefficient (Wildman–Crippen LogP) is 3.23. The lowest BCUT2D eigenvalue weighted by atomic mass is 9.78. The molecule has 4 nitrogen and oxygen atoms in total. The van der Waals surface area contributed by atoms with Crippen molar-refractivity contribution < 1.29 is 8.42 Å². The molecule has 0 bridgehead atoms. The summed E-state index contributed by atoms with van der Waals surface area (Å²) in [6, 6.07) is 17.8. The van der Waals surface area contributed by atoms with E-state index in [1.54, 1.807) is 12.1 Å². The van der Waals surface area contributed by atoms with Gasteiger partial charge in [0.25, 0.3) is 0 Å². The van der Waals surface area contributed by atoms with Crippen LogP contribution < -0.4 is 4.72 Å². The Labute approximate surface area is 133 Å². The van der Waals surface area contributed by atoms with E-state index in [2.05, 4.69) is 30.7 Å². The van der Waals surface area contributed by atoms with Crippen LogP contribution in [0, 0.1) is 0 Å². The molecule has 22 heavy (non-hydrogen) atoms. The molecule has 0 radical (unpaired) electrons. The van der Waals surface area contributed by atoms with Gasteiger partial charge < -0.3 is 0 Å². The molecule has 0 aliphatic carbocycles. The van der Waals surface area contributed by atoms with Crippen LogP contribution in [0.3, 0.4) is 0 Å². The summed E-state index contributed by atoms with van der Waals surface area (Å²) in [5.41, 5.74) is 2.77. The van der Waals surface area contributed by atoms with Gasteiger partial charge in [-0.05, 0) is 23.3 Å². The number of benzene rings is 2. The van der Waals surface area contributed by atoms with E-state index in [9.17, 15) is 8.42 Å². The summed E-state index contributed by atoms with van der Waals surface area (Å²) >= 11 is 0. The molecule has 0 fully saturated rings. The van der Waals surface area contributed by atoms with Crippen molar-refractivity contribution in [3.8, 4) is 0 Å². The summed E-state index contributed by atoms with van der Waals surface area (Å²) in [4.78, 5) is 0.